The maximum Gasteiger partial charge on any atom is 0.416 e. The van der Waals surface area contributed by atoms with Gasteiger partial charge in [-0.15, -0.1) is 0 Å². The van der Waals surface area contributed by atoms with Crippen molar-refractivity contribution in [3.8, 4) is 0 Å². The Hall–Kier alpha value is -3.02. The fourth-order valence-corrected chi connectivity index (χ4v) is 3.32. The van der Waals surface area contributed by atoms with Crippen molar-refractivity contribution in [3.63, 3.8) is 0 Å². The summed E-state index contributed by atoms with van der Waals surface area (Å²) in [5.74, 6) is -1.09. The fraction of sp³-hybridized carbons (Fsp3) is 0.190. The third-order valence-corrected chi connectivity index (χ3v) is 4.69. The molecule has 0 spiro atoms. The summed E-state index contributed by atoms with van der Waals surface area (Å²) in [5.41, 5.74) is 2.26. The molecule has 3 nitrogen and oxygen atoms in total. The van der Waals surface area contributed by atoms with Crippen molar-refractivity contribution in [2.24, 2.45) is 0 Å². The van der Waals surface area contributed by atoms with Gasteiger partial charge in [-0.1, -0.05) is 42.0 Å². The third kappa shape index (κ3) is 3.35. The van der Waals surface area contributed by atoms with Gasteiger partial charge in [0, 0.05) is 23.0 Å². The minimum absolute atomic E-state index is 0.0508. The van der Waals surface area contributed by atoms with E-state index in [1.165, 1.54) is 11.6 Å². The first-order valence-electron chi connectivity index (χ1n) is 8.54. The van der Waals surface area contributed by atoms with Crippen LogP contribution in [0.2, 0.25) is 0 Å². The van der Waals surface area contributed by atoms with E-state index in [4.69, 9.17) is 0 Å². The lowest BCUT2D eigenvalue weighted by Gasteiger charge is -2.12. The Labute approximate surface area is 153 Å². The Kier molecular flexibility index (Phi) is 4.06. The first-order valence-corrected chi connectivity index (χ1v) is 8.54. The van der Waals surface area contributed by atoms with Crippen LogP contribution in [0, 0.1) is 0 Å². The van der Waals surface area contributed by atoms with Crippen LogP contribution in [0.25, 0.3) is 17.0 Å². The molecule has 1 fully saturated rings. The average Bonchev–Trinajstić information content (AvgIpc) is 3.38. The zero-order valence-corrected chi connectivity index (χ0v) is 14.3. The summed E-state index contributed by atoms with van der Waals surface area (Å²) in [4.78, 5) is 12.0. The van der Waals surface area contributed by atoms with Gasteiger partial charge in [-0.2, -0.15) is 13.2 Å². The molecule has 0 amide bonds. The highest BCUT2D eigenvalue weighted by Crippen LogP contribution is 2.36. The van der Waals surface area contributed by atoms with Crippen molar-refractivity contribution < 1.29 is 23.1 Å². The lowest BCUT2D eigenvalue weighted by Crippen LogP contribution is -2.12. The molecule has 0 saturated heterocycles. The van der Waals surface area contributed by atoms with Crippen LogP contribution in [0.3, 0.4) is 0 Å². The van der Waals surface area contributed by atoms with E-state index in [-0.39, 0.29) is 12.2 Å². The molecular formula is C21H16F3NO2. The molecule has 1 aliphatic rings. The molecule has 1 saturated carbocycles. The van der Waals surface area contributed by atoms with E-state index in [2.05, 4.69) is 0 Å². The zero-order valence-electron chi connectivity index (χ0n) is 14.3. The predicted octanol–water partition coefficient (Wildman–Crippen LogP) is 5.58. The van der Waals surface area contributed by atoms with Crippen molar-refractivity contribution in [2.45, 2.75) is 25.6 Å². The normalized spacial score (nSPS) is 13.8. The summed E-state index contributed by atoms with van der Waals surface area (Å²) in [6.45, 7) is 0.0508. The quantitative estimate of drug-likeness (QED) is 0.650. The summed E-state index contributed by atoms with van der Waals surface area (Å²) in [6.07, 6.45) is -0.640. The van der Waals surface area contributed by atoms with Gasteiger partial charge in [0.25, 0.3) is 0 Å². The number of hydrogen-bond donors (Lipinski definition) is 1. The van der Waals surface area contributed by atoms with Crippen LogP contribution in [0.15, 0.2) is 54.1 Å². The second-order valence-corrected chi connectivity index (χ2v) is 6.67. The standard InChI is InChI=1S/C21H16F3NO2/c22-21(23,24)15-5-3-4-14(10-15)12-25-18-7-2-1-6-16(18)17(11-13-8-9-13)19(25)20(26)27/h1-7,10-11H,8-9,12H2,(H,26,27). The van der Waals surface area contributed by atoms with Gasteiger partial charge < -0.3 is 9.67 Å². The molecule has 6 heteroatoms. The number of aromatic nitrogens is 1. The molecule has 138 valence electrons. The zero-order chi connectivity index (χ0) is 19.2. The Bertz CT molecular complexity index is 1070. The summed E-state index contributed by atoms with van der Waals surface area (Å²) in [5, 5.41) is 10.6. The number of benzene rings is 2. The number of alkyl halides is 3. The maximum atomic E-state index is 13.0. The Morgan fingerprint density at radius 2 is 1.85 bits per heavy atom. The average molecular weight is 371 g/mol. The van der Waals surface area contributed by atoms with Crippen LogP contribution in [0.1, 0.15) is 40.0 Å². The number of halogens is 3. The van der Waals surface area contributed by atoms with Crippen molar-refractivity contribution in [3.05, 3.63) is 76.5 Å². The van der Waals surface area contributed by atoms with Crippen LogP contribution in [0.4, 0.5) is 13.2 Å². The van der Waals surface area contributed by atoms with E-state index in [9.17, 15) is 23.1 Å². The Balaban J connectivity index is 1.88. The number of nitrogens with zero attached hydrogens (tertiary/aromatic N) is 1. The van der Waals surface area contributed by atoms with E-state index in [0.29, 0.717) is 16.6 Å². The van der Waals surface area contributed by atoms with Gasteiger partial charge in [-0.05, 0) is 36.6 Å². The molecule has 2 aromatic carbocycles. The number of allylic oxidation sites excluding steroid dienone is 1. The van der Waals surface area contributed by atoms with Gasteiger partial charge in [-0.25, -0.2) is 4.79 Å². The molecule has 1 aromatic heterocycles. The van der Waals surface area contributed by atoms with Gasteiger partial charge in [0.1, 0.15) is 5.69 Å². The van der Waals surface area contributed by atoms with Crippen LogP contribution >= 0.6 is 0 Å². The Morgan fingerprint density at radius 3 is 2.52 bits per heavy atom. The highest BCUT2D eigenvalue weighted by molar-refractivity contribution is 6.03. The number of rotatable bonds is 4. The fourth-order valence-electron chi connectivity index (χ4n) is 3.32. The molecule has 1 N–H and O–H groups in total. The molecule has 27 heavy (non-hydrogen) atoms. The molecule has 0 atom stereocenters. The largest absolute Gasteiger partial charge is 0.477 e. The number of aromatic carboxylic acids is 1. The molecule has 0 unspecified atom stereocenters. The van der Waals surface area contributed by atoms with E-state index in [0.717, 1.165) is 30.4 Å². The first kappa shape index (κ1) is 17.4. The van der Waals surface area contributed by atoms with E-state index in [1.807, 2.05) is 18.2 Å². The molecule has 4 rings (SSSR count). The topological polar surface area (TPSA) is 42.2 Å². The van der Waals surface area contributed by atoms with E-state index in [1.54, 1.807) is 22.8 Å². The molecule has 3 aromatic rings. The summed E-state index contributed by atoms with van der Waals surface area (Å²) >= 11 is 0. The molecule has 0 radical (unpaired) electrons. The van der Waals surface area contributed by atoms with Crippen LogP contribution in [0.5, 0.6) is 0 Å². The third-order valence-electron chi connectivity index (χ3n) is 4.69. The first-order chi connectivity index (χ1) is 12.8. The highest BCUT2D eigenvalue weighted by atomic mass is 19.4. The Morgan fingerprint density at radius 1 is 1.11 bits per heavy atom. The number of carboxylic acid groups (broad SMARTS) is 1. The van der Waals surface area contributed by atoms with Crippen molar-refractivity contribution in [1.82, 2.24) is 4.57 Å². The van der Waals surface area contributed by atoms with Crippen LogP contribution in [-0.4, -0.2) is 15.6 Å². The molecule has 0 bridgehead atoms. The number of hydrogen-bond acceptors (Lipinski definition) is 1. The minimum Gasteiger partial charge on any atom is -0.477 e. The summed E-state index contributed by atoms with van der Waals surface area (Å²) < 4.78 is 40.6. The smallest absolute Gasteiger partial charge is 0.416 e. The lowest BCUT2D eigenvalue weighted by atomic mass is 10.1. The van der Waals surface area contributed by atoms with Gasteiger partial charge in [0.05, 0.1) is 5.56 Å². The molecule has 1 aliphatic carbocycles. The van der Waals surface area contributed by atoms with Crippen molar-refractivity contribution >= 4 is 22.9 Å². The van der Waals surface area contributed by atoms with Gasteiger partial charge in [-0.3, -0.25) is 0 Å². The molecular weight excluding hydrogens is 355 g/mol. The number of carboxylic acids is 1. The number of carbonyl (C=O) groups is 1. The minimum atomic E-state index is -4.44. The van der Waals surface area contributed by atoms with Gasteiger partial charge in [0.15, 0.2) is 0 Å². The SMILES string of the molecule is O=C(O)c1c(C=C2CC2)c2ccccc2n1Cc1cccc(C(F)(F)F)c1. The van der Waals surface area contributed by atoms with Gasteiger partial charge in [0.2, 0.25) is 0 Å². The predicted molar refractivity (Wildman–Crippen MR) is 96.7 cm³/mol. The summed E-state index contributed by atoms with van der Waals surface area (Å²) in [7, 11) is 0. The lowest BCUT2D eigenvalue weighted by molar-refractivity contribution is -0.137. The molecule has 0 aliphatic heterocycles. The number of para-hydroxylation sites is 1. The second kappa shape index (κ2) is 6.30. The summed E-state index contributed by atoms with van der Waals surface area (Å²) in [6, 6.07) is 12.3. The van der Waals surface area contributed by atoms with Crippen molar-refractivity contribution in [2.75, 3.05) is 0 Å². The molecule has 1 heterocycles. The monoisotopic (exact) mass is 371 g/mol. The van der Waals surface area contributed by atoms with Gasteiger partial charge >= 0.3 is 12.1 Å². The number of fused-ring (bicyclic) bond motifs is 1. The van der Waals surface area contributed by atoms with E-state index >= 15 is 0 Å². The van der Waals surface area contributed by atoms with Crippen LogP contribution < -0.4 is 0 Å². The van der Waals surface area contributed by atoms with Crippen LogP contribution in [-0.2, 0) is 12.7 Å². The second-order valence-electron chi connectivity index (χ2n) is 6.67. The van der Waals surface area contributed by atoms with E-state index < -0.39 is 17.7 Å². The highest BCUT2D eigenvalue weighted by Gasteiger charge is 2.30. The van der Waals surface area contributed by atoms with Crippen molar-refractivity contribution in [1.29, 1.82) is 0 Å². The maximum absolute atomic E-state index is 13.0.